The molecule has 13 heteroatoms. The normalized spacial score (nSPS) is 25.3. The van der Waals surface area contributed by atoms with Crippen molar-refractivity contribution in [2.75, 3.05) is 0 Å². The third kappa shape index (κ3) is 3.96. The largest absolute Gasteiger partial charge is 0.509 e. The van der Waals surface area contributed by atoms with Gasteiger partial charge in [-0.2, -0.15) is 4.72 Å². The number of fused-ring (bicyclic) bond motifs is 1. The van der Waals surface area contributed by atoms with Crippen LogP contribution in [0.1, 0.15) is 18.5 Å². The summed E-state index contributed by atoms with van der Waals surface area (Å²) in [5.74, 6) is -0.524. The smallest absolute Gasteiger partial charge is 0.487 e. The Morgan fingerprint density at radius 2 is 1.93 bits per heavy atom. The fourth-order valence-electron chi connectivity index (χ4n) is 3.46. The van der Waals surface area contributed by atoms with Crippen LogP contribution < -0.4 is 14.9 Å². The van der Waals surface area contributed by atoms with Gasteiger partial charge in [-0.25, -0.2) is 23.7 Å². The van der Waals surface area contributed by atoms with E-state index in [1.807, 2.05) is 5.38 Å². The number of ether oxygens (including phenoxy) is 3. The summed E-state index contributed by atoms with van der Waals surface area (Å²) in [6.45, 7) is 0.245. The summed E-state index contributed by atoms with van der Waals surface area (Å²) in [5.41, 5.74) is 2.18. The number of nitrogens with zero attached hydrogens (tertiary/aromatic N) is 1. The van der Waals surface area contributed by atoms with Crippen molar-refractivity contribution < 1.29 is 37.4 Å². The first-order valence-electron chi connectivity index (χ1n) is 8.77. The van der Waals surface area contributed by atoms with Gasteiger partial charge < -0.3 is 14.2 Å². The Morgan fingerprint density at radius 3 is 2.50 bits per heavy atom. The second-order valence-electron chi connectivity index (χ2n) is 6.84. The highest BCUT2D eigenvalue weighted by Gasteiger charge is 2.58. The summed E-state index contributed by atoms with van der Waals surface area (Å²) in [6, 6.07) is 5.62. The minimum atomic E-state index is -4.16. The molecule has 1 aliphatic carbocycles. The number of aromatic nitrogens is 1. The first-order valence-corrected chi connectivity index (χ1v) is 11.2. The zero-order valence-corrected chi connectivity index (χ0v) is 16.9. The third-order valence-corrected chi connectivity index (χ3v) is 7.07. The van der Waals surface area contributed by atoms with Crippen molar-refractivity contribution in [1.29, 1.82) is 0 Å². The molecule has 2 fully saturated rings. The van der Waals surface area contributed by atoms with Crippen molar-refractivity contribution in [2.24, 2.45) is 0 Å². The number of amides is 1. The van der Waals surface area contributed by atoms with Crippen LogP contribution in [0.5, 0.6) is 5.75 Å². The van der Waals surface area contributed by atoms with E-state index in [0.29, 0.717) is 5.75 Å². The number of nitrogens with one attached hydrogen (secondary N) is 2. The van der Waals surface area contributed by atoms with E-state index >= 15 is 0 Å². The van der Waals surface area contributed by atoms with Crippen molar-refractivity contribution in [3.05, 3.63) is 40.8 Å². The molecule has 2 aliphatic rings. The Bertz CT molecular complexity index is 1020. The highest BCUT2D eigenvalue weighted by Crippen LogP contribution is 2.39. The van der Waals surface area contributed by atoms with Crippen molar-refractivity contribution in [3.63, 3.8) is 0 Å². The van der Waals surface area contributed by atoms with Gasteiger partial charge in [0, 0.05) is 18.2 Å². The van der Waals surface area contributed by atoms with Crippen LogP contribution in [0.2, 0.25) is 0 Å². The van der Waals surface area contributed by atoms with E-state index in [9.17, 15) is 18.0 Å². The van der Waals surface area contributed by atoms with Crippen LogP contribution in [0.15, 0.2) is 40.1 Å². The highest BCUT2D eigenvalue weighted by atomic mass is 32.2. The Kier molecular flexibility index (Phi) is 5.36. The van der Waals surface area contributed by atoms with Gasteiger partial charge in [0.1, 0.15) is 30.1 Å². The van der Waals surface area contributed by atoms with E-state index in [-0.39, 0.29) is 24.3 Å². The maximum absolute atomic E-state index is 12.9. The lowest BCUT2D eigenvalue weighted by Crippen LogP contribution is -2.57. The molecule has 30 heavy (non-hydrogen) atoms. The first kappa shape index (κ1) is 20.5. The van der Waals surface area contributed by atoms with Gasteiger partial charge in [0.05, 0.1) is 16.1 Å². The molecule has 11 nitrogen and oxygen atoms in total. The fraction of sp³-hybridized carbons (Fsp3) is 0.353. The molecule has 2 aromatic rings. The molecular formula is C17H17N3O8S2. The molecule has 3 N–H and O–H groups in total. The quantitative estimate of drug-likeness (QED) is 0.314. The summed E-state index contributed by atoms with van der Waals surface area (Å²) in [7, 11) is -4.16. The van der Waals surface area contributed by atoms with Gasteiger partial charge in [-0.05, 0) is 24.3 Å². The molecule has 4 rings (SSSR count). The standard InChI is InChI=1S/C17H17N3O8S2/c21-15(19-23)17(5-13-14(6-17)28-16(22)27-13)20-30(24,25)12-3-1-11(2-4-12)26-7-10-8-29-9-18-10/h1-4,8-9,13-14,20,23H,5-7H2,(H,19,21). The van der Waals surface area contributed by atoms with E-state index in [1.165, 1.54) is 41.1 Å². The van der Waals surface area contributed by atoms with Crippen LogP contribution in [0.3, 0.4) is 0 Å². The number of carbonyl (C=O) groups excluding carboxylic acids is 2. The molecule has 1 aromatic carbocycles. The molecule has 2 atom stereocenters. The van der Waals surface area contributed by atoms with Crippen LogP contribution in [0.25, 0.3) is 0 Å². The Balaban J connectivity index is 1.49. The average molecular weight is 455 g/mol. The topological polar surface area (TPSA) is 153 Å². The summed E-state index contributed by atoms with van der Waals surface area (Å²) < 4.78 is 43.6. The molecule has 0 spiro atoms. The summed E-state index contributed by atoms with van der Waals surface area (Å²) in [4.78, 5) is 27.5. The van der Waals surface area contributed by atoms with E-state index in [2.05, 4.69) is 9.71 Å². The SMILES string of the molecule is O=C1OC2CC(NS(=O)(=O)c3ccc(OCc4cscn4)cc3)(C(=O)NO)CC2O1. The van der Waals surface area contributed by atoms with Crippen molar-refractivity contribution in [2.45, 2.75) is 42.1 Å². The maximum atomic E-state index is 12.9. The minimum Gasteiger partial charge on any atom is -0.487 e. The van der Waals surface area contributed by atoms with Gasteiger partial charge >= 0.3 is 6.16 Å². The Morgan fingerprint density at radius 1 is 1.27 bits per heavy atom. The molecule has 2 heterocycles. The fourth-order valence-corrected chi connectivity index (χ4v) is 5.39. The number of hydrogen-bond donors (Lipinski definition) is 3. The third-order valence-electron chi connectivity index (χ3n) is 4.88. The monoisotopic (exact) mass is 455 g/mol. The lowest BCUT2D eigenvalue weighted by atomic mass is 9.98. The van der Waals surface area contributed by atoms with Gasteiger partial charge in [-0.15, -0.1) is 11.3 Å². The molecule has 1 saturated carbocycles. The zero-order valence-electron chi connectivity index (χ0n) is 15.3. The van der Waals surface area contributed by atoms with Gasteiger partial charge in [-0.3, -0.25) is 10.0 Å². The van der Waals surface area contributed by atoms with Crippen LogP contribution in [0.4, 0.5) is 4.79 Å². The minimum absolute atomic E-state index is 0.108. The number of sulfonamides is 1. The lowest BCUT2D eigenvalue weighted by molar-refractivity contribution is -0.136. The molecule has 1 amide bonds. The molecule has 160 valence electrons. The van der Waals surface area contributed by atoms with Gasteiger partial charge in [-0.1, -0.05) is 0 Å². The molecule has 1 aliphatic heterocycles. The molecule has 1 saturated heterocycles. The molecule has 0 bridgehead atoms. The van der Waals surface area contributed by atoms with Crippen LogP contribution in [0, 0.1) is 0 Å². The van der Waals surface area contributed by atoms with E-state index in [0.717, 1.165) is 5.69 Å². The highest BCUT2D eigenvalue weighted by molar-refractivity contribution is 7.89. The predicted molar refractivity (Wildman–Crippen MR) is 100 cm³/mol. The number of thiazole rings is 1. The summed E-state index contributed by atoms with van der Waals surface area (Å²) in [5, 5.41) is 11.0. The first-order chi connectivity index (χ1) is 14.3. The predicted octanol–water partition coefficient (Wildman–Crippen LogP) is 0.942. The van der Waals surface area contributed by atoms with Crippen LogP contribution in [-0.4, -0.2) is 48.4 Å². The van der Waals surface area contributed by atoms with E-state index in [1.54, 1.807) is 5.51 Å². The second-order valence-corrected chi connectivity index (χ2v) is 9.24. The second kappa shape index (κ2) is 7.83. The van der Waals surface area contributed by atoms with Gasteiger partial charge in [0.25, 0.3) is 5.91 Å². The number of benzene rings is 1. The van der Waals surface area contributed by atoms with Crippen LogP contribution >= 0.6 is 11.3 Å². The number of hydrogen-bond acceptors (Lipinski definition) is 10. The molecule has 1 aromatic heterocycles. The molecular weight excluding hydrogens is 438 g/mol. The van der Waals surface area contributed by atoms with Crippen molar-refractivity contribution in [1.82, 2.24) is 15.2 Å². The van der Waals surface area contributed by atoms with E-state index in [4.69, 9.17) is 19.4 Å². The van der Waals surface area contributed by atoms with Crippen molar-refractivity contribution in [3.8, 4) is 5.75 Å². The lowest BCUT2D eigenvalue weighted by Gasteiger charge is -2.27. The van der Waals surface area contributed by atoms with Crippen molar-refractivity contribution >= 4 is 33.4 Å². The maximum Gasteiger partial charge on any atom is 0.509 e. The Hall–Kier alpha value is -2.74. The summed E-state index contributed by atoms with van der Waals surface area (Å²) >= 11 is 1.44. The molecule has 2 unspecified atom stereocenters. The van der Waals surface area contributed by atoms with Gasteiger partial charge in [0.15, 0.2) is 0 Å². The zero-order chi connectivity index (χ0) is 21.4. The van der Waals surface area contributed by atoms with E-state index < -0.39 is 39.8 Å². The van der Waals surface area contributed by atoms with Gasteiger partial charge in [0.2, 0.25) is 10.0 Å². The number of rotatable bonds is 7. The average Bonchev–Trinajstić information content (AvgIpc) is 3.41. The summed E-state index contributed by atoms with van der Waals surface area (Å²) in [6.07, 6.45) is -2.81. The molecule has 0 radical (unpaired) electrons. The number of carbonyl (C=O) groups is 2. The number of hydroxylamine groups is 1. The van der Waals surface area contributed by atoms with Crippen LogP contribution in [-0.2, 0) is 30.9 Å². The Labute approximate surface area is 175 Å².